The van der Waals surface area contributed by atoms with Gasteiger partial charge in [0.25, 0.3) is 0 Å². The van der Waals surface area contributed by atoms with E-state index < -0.39 is 0 Å². The molecule has 5 nitrogen and oxygen atoms in total. The molecule has 3 rings (SSSR count). The minimum atomic E-state index is -0.110. The van der Waals surface area contributed by atoms with E-state index in [9.17, 15) is 4.79 Å². The van der Waals surface area contributed by atoms with E-state index >= 15 is 0 Å². The van der Waals surface area contributed by atoms with Crippen LogP contribution >= 0.6 is 0 Å². The molecule has 5 heteroatoms. The molecule has 0 unspecified atom stereocenters. The zero-order valence-corrected chi connectivity index (χ0v) is 12.5. The monoisotopic (exact) mass is 295 g/mol. The summed E-state index contributed by atoms with van der Waals surface area (Å²) >= 11 is 0. The number of pyridine rings is 1. The Balaban J connectivity index is 1.95. The fourth-order valence-electron chi connectivity index (χ4n) is 2.37. The van der Waals surface area contributed by atoms with Crippen molar-refractivity contribution in [2.45, 2.75) is 13.5 Å². The van der Waals surface area contributed by atoms with E-state index in [2.05, 4.69) is 9.97 Å². The molecule has 1 aromatic carbocycles. The Labute approximate surface area is 128 Å². The smallest absolute Gasteiger partial charge is 0.248 e. The SMILES string of the molecule is COc1ccc(-c2cc(Cn3cncc3C)[nH]c(=O)c2)cc1. The van der Waals surface area contributed by atoms with Gasteiger partial charge in [0.2, 0.25) is 5.56 Å². The number of nitrogens with one attached hydrogen (secondary N) is 1. The van der Waals surface area contributed by atoms with Crippen LogP contribution in [-0.4, -0.2) is 21.6 Å². The summed E-state index contributed by atoms with van der Waals surface area (Å²) in [5.74, 6) is 0.794. The van der Waals surface area contributed by atoms with Crippen LogP contribution in [0.4, 0.5) is 0 Å². The third-order valence-corrected chi connectivity index (χ3v) is 3.58. The van der Waals surface area contributed by atoms with Gasteiger partial charge in [0.05, 0.1) is 20.0 Å². The van der Waals surface area contributed by atoms with E-state index in [-0.39, 0.29) is 5.56 Å². The maximum atomic E-state index is 11.9. The lowest BCUT2D eigenvalue weighted by Crippen LogP contribution is -2.11. The van der Waals surface area contributed by atoms with Crippen LogP contribution in [-0.2, 0) is 6.54 Å². The van der Waals surface area contributed by atoms with Gasteiger partial charge in [0, 0.05) is 23.7 Å². The van der Waals surface area contributed by atoms with Crippen molar-refractivity contribution >= 4 is 0 Å². The Kier molecular flexibility index (Phi) is 3.78. The number of methoxy groups -OCH3 is 1. The first-order valence-electron chi connectivity index (χ1n) is 7.00. The summed E-state index contributed by atoms with van der Waals surface area (Å²) < 4.78 is 7.15. The van der Waals surface area contributed by atoms with Crippen molar-refractivity contribution in [3.63, 3.8) is 0 Å². The molecule has 0 saturated heterocycles. The van der Waals surface area contributed by atoms with Gasteiger partial charge in [-0.25, -0.2) is 4.98 Å². The van der Waals surface area contributed by atoms with Gasteiger partial charge in [-0.3, -0.25) is 4.79 Å². The number of hydrogen-bond acceptors (Lipinski definition) is 3. The van der Waals surface area contributed by atoms with Gasteiger partial charge in [-0.2, -0.15) is 0 Å². The third-order valence-electron chi connectivity index (χ3n) is 3.58. The maximum absolute atomic E-state index is 11.9. The zero-order valence-electron chi connectivity index (χ0n) is 12.5. The fourth-order valence-corrected chi connectivity index (χ4v) is 2.37. The number of H-pyrrole nitrogens is 1. The number of ether oxygens (including phenoxy) is 1. The lowest BCUT2D eigenvalue weighted by atomic mass is 10.1. The standard InChI is InChI=1S/C17H17N3O2/c1-12-9-18-11-20(12)10-15-7-14(8-17(21)19-15)13-3-5-16(22-2)6-4-13/h3-9,11H,10H2,1-2H3,(H,19,21). The number of aromatic nitrogens is 3. The third kappa shape index (κ3) is 2.93. The number of imidazole rings is 1. The van der Waals surface area contributed by atoms with Crippen LogP contribution < -0.4 is 10.3 Å². The summed E-state index contributed by atoms with van der Waals surface area (Å²) in [7, 11) is 1.63. The Morgan fingerprint density at radius 3 is 2.59 bits per heavy atom. The van der Waals surface area contributed by atoms with Crippen molar-refractivity contribution in [3.05, 3.63) is 70.7 Å². The molecule has 112 valence electrons. The summed E-state index contributed by atoms with van der Waals surface area (Å²) in [5.41, 5.74) is 3.66. The summed E-state index contributed by atoms with van der Waals surface area (Å²) in [6, 6.07) is 11.3. The number of hydrogen-bond donors (Lipinski definition) is 1. The molecule has 3 aromatic rings. The molecule has 0 fully saturated rings. The second kappa shape index (κ2) is 5.89. The van der Waals surface area contributed by atoms with Gasteiger partial charge in [-0.15, -0.1) is 0 Å². The Hall–Kier alpha value is -2.82. The van der Waals surface area contributed by atoms with Crippen LogP contribution in [0.25, 0.3) is 11.1 Å². The molecule has 0 bridgehead atoms. The van der Waals surface area contributed by atoms with Gasteiger partial charge in [0.15, 0.2) is 0 Å². The normalized spacial score (nSPS) is 10.6. The fraction of sp³-hybridized carbons (Fsp3) is 0.176. The topological polar surface area (TPSA) is 59.9 Å². The highest BCUT2D eigenvalue weighted by Gasteiger charge is 2.05. The molecule has 0 radical (unpaired) electrons. The first-order chi connectivity index (χ1) is 10.7. The first kappa shape index (κ1) is 14.1. The average molecular weight is 295 g/mol. The molecule has 1 N–H and O–H groups in total. The van der Waals surface area contributed by atoms with E-state index in [1.54, 1.807) is 25.7 Å². The van der Waals surface area contributed by atoms with E-state index in [0.29, 0.717) is 6.54 Å². The summed E-state index contributed by atoms with van der Waals surface area (Å²) in [6.45, 7) is 2.57. The largest absolute Gasteiger partial charge is 0.497 e. The van der Waals surface area contributed by atoms with E-state index in [1.165, 1.54) is 0 Å². The van der Waals surface area contributed by atoms with Crippen LogP contribution in [0.3, 0.4) is 0 Å². The highest BCUT2D eigenvalue weighted by molar-refractivity contribution is 5.64. The zero-order chi connectivity index (χ0) is 15.5. The predicted molar refractivity (Wildman–Crippen MR) is 85.1 cm³/mol. The Morgan fingerprint density at radius 2 is 1.95 bits per heavy atom. The molecule has 0 aliphatic carbocycles. The van der Waals surface area contributed by atoms with Gasteiger partial charge < -0.3 is 14.3 Å². The van der Waals surface area contributed by atoms with Gasteiger partial charge in [-0.05, 0) is 36.2 Å². The van der Waals surface area contributed by atoms with Crippen molar-refractivity contribution < 1.29 is 4.74 Å². The maximum Gasteiger partial charge on any atom is 0.248 e. The molecule has 0 atom stereocenters. The molecule has 2 heterocycles. The van der Waals surface area contributed by atoms with E-state index in [1.807, 2.05) is 41.8 Å². The number of aromatic amines is 1. The molecule has 0 aliphatic heterocycles. The molecule has 0 aliphatic rings. The molecule has 2 aromatic heterocycles. The molecular formula is C17H17N3O2. The van der Waals surface area contributed by atoms with Crippen LogP contribution in [0, 0.1) is 6.92 Å². The van der Waals surface area contributed by atoms with Crippen molar-refractivity contribution in [1.82, 2.24) is 14.5 Å². The highest BCUT2D eigenvalue weighted by atomic mass is 16.5. The number of rotatable bonds is 4. The first-order valence-corrected chi connectivity index (χ1v) is 7.00. The quantitative estimate of drug-likeness (QED) is 0.805. The van der Waals surface area contributed by atoms with Crippen LogP contribution in [0.15, 0.2) is 53.7 Å². The predicted octanol–water partition coefficient (Wildman–Crippen LogP) is 2.60. The van der Waals surface area contributed by atoms with Crippen molar-refractivity contribution in [2.75, 3.05) is 7.11 Å². The number of aryl methyl sites for hydroxylation is 1. The van der Waals surface area contributed by atoms with Crippen LogP contribution in [0.5, 0.6) is 5.75 Å². The van der Waals surface area contributed by atoms with Gasteiger partial charge in [-0.1, -0.05) is 12.1 Å². The second-order valence-corrected chi connectivity index (χ2v) is 5.15. The number of nitrogens with zero attached hydrogens (tertiary/aromatic N) is 2. The lowest BCUT2D eigenvalue weighted by Gasteiger charge is -2.08. The number of benzene rings is 1. The molecule has 0 saturated carbocycles. The van der Waals surface area contributed by atoms with Crippen LogP contribution in [0.2, 0.25) is 0 Å². The second-order valence-electron chi connectivity index (χ2n) is 5.15. The summed E-state index contributed by atoms with van der Waals surface area (Å²) in [6.07, 6.45) is 3.55. The summed E-state index contributed by atoms with van der Waals surface area (Å²) in [4.78, 5) is 18.9. The highest BCUT2D eigenvalue weighted by Crippen LogP contribution is 2.21. The Bertz CT molecular complexity index is 832. The Morgan fingerprint density at radius 1 is 1.18 bits per heavy atom. The molecule has 22 heavy (non-hydrogen) atoms. The average Bonchev–Trinajstić information content (AvgIpc) is 2.92. The molecule has 0 spiro atoms. The van der Waals surface area contributed by atoms with Crippen molar-refractivity contribution in [3.8, 4) is 16.9 Å². The molecule has 0 amide bonds. The lowest BCUT2D eigenvalue weighted by molar-refractivity contribution is 0.415. The van der Waals surface area contributed by atoms with Crippen molar-refractivity contribution in [2.24, 2.45) is 0 Å². The minimum Gasteiger partial charge on any atom is -0.497 e. The van der Waals surface area contributed by atoms with Crippen LogP contribution in [0.1, 0.15) is 11.4 Å². The van der Waals surface area contributed by atoms with Gasteiger partial charge >= 0.3 is 0 Å². The summed E-state index contributed by atoms with van der Waals surface area (Å²) in [5, 5.41) is 0. The van der Waals surface area contributed by atoms with Crippen molar-refractivity contribution in [1.29, 1.82) is 0 Å². The van der Waals surface area contributed by atoms with E-state index in [0.717, 1.165) is 28.3 Å². The molecular weight excluding hydrogens is 278 g/mol. The van der Waals surface area contributed by atoms with E-state index in [4.69, 9.17) is 4.74 Å². The van der Waals surface area contributed by atoms with Gasteiger partial charge in [0.1, 0.15) is 5.75 Å². The minimum absolute atomic E-state index is 0.110.